The second-order valence-corrected chi connectivity index (χ2v) is 7.83. The van der Waals surface area contributed by atoms with Crippen molar-refractivity contribution in [1.29, 1.82) is 0 Å². The van der Waals surface area contributed by atoms with E-state index in [0.29, 0.717) is 18.9 Å². The van der Waals surface area contributed by atoms with E-state index in [1.54, 1.807) is 0 Å². The minimum atomic E-state index is -3.71. The van der Waals surface area contributed by atoms with E-state index in [-0.39, 0.29) is 21.5 Å². The Kier molecular flexibility index (Phi) is 3.87. The number of hydrogen-bond acceptors (Lipinski definition) is 3. The summed E-state index contributed by atoms with van der Waals surface area (Å²) in [6.45, 7) is 0.572. The molecule has 0 bridgehead atoms. The lowest BCUT2D eigenvalue weighted by Crippen LogP contribution is -2.41. The molecule has 1 aromatic rings. The van der Waals surface area contributed by atoms with Crippen molar-refractivity contribution in [1.82, 2.24) is 4.72 Å². The van der Waals surface area contributed by atoms with Crippen LogP contribution in [-0.2, 0) is 14.8 Å². The van der Waals surface area contributed by atoms with Crippen LogP contribution in [0.1, 0.15) is 19.3 Å². The number of rotatable bonds is 4. The number of halogens is 2. The number of sulfonamides is 1. The molecular weight excluding hydrogens is 349 g/mol. The molecule has 1 saturated carbocycles. The van der Waals surface area contributed by atoms with Crippen molar-refractivity contribution in [2.24, 2.45) is 5.92 Å². The van der Waals surface area contributed by atoms with Crippen LogP contribution in [0.4, 0.5) is 4.39 Å². The van der Waals surface area contributed by atoms with Gasteiger partial charge in [0.2, 0.25) is 10.0 Å². The maximum atomic E-state index is 13.5. The summed E-state index contributed by atoms with van der Waals surface area (Å²) < 4.78 is 46.6. The minimum absolute atomic E-state index is 0.0370. The van der Waals surface area contributed by atoms with Crippen molar-refractivity contribution in [2.75, 3.05) is 6.61 Å². The quantitative estimate of drug-likeness (QED) is 0.893. The average Bonchev–Trinajstić information content (AvgIpc) is 3.14. The number of nitrogens with one attached hydrogen (secondary N) is 1. The van der Waals surface area contributed by atoms with E-state index >= 15 is 0 Å². The van der Waals surface area contributed by atoms with Crippen LogP contribution >= 0.6 is 15.9 Å². The van der Waals surface area contributed by atoms with E-state index in [9.17, 15) is 12.8 Å². The molecular formula is C13H15BrFNO3S. The first-order valence-corrected chi connectivity index (χ1v) is 8.84. The summed E-state index contributed by atoms with van der Waals surface area (Å²) in [7, 11) is -3.71. The highest BCUT2D eigenvalue weighted by molar-refractivity contribution is 9.10. The summed E-state index contributed by atoms with van der Waals surface area (Å²) >= 11 is 3.01. The second kappa shape index (κ2) is 5.36. The van der Waals surface area contributed by atoms with Crippen LogP contribution in [0.25, 0.3) is 0 Å². The third-order valence-corrected chi connectivity index (χ3v) is 5.86. The summed E-state index contributed by atoms with van der Waals surface area (Å²) in [4.78, 5) is -0.0559. The molecule has 0 radical (unpaired) electrons. The average molecular weight is 364 g/mol. The zero-order chi connectivity index (χ0) is 14.3. The molecule has 1 heterocycles. The third-order valence-electron chi connectivity index (χ3n) is 3.73. The summed E-state index contributed by atoms with van der Waals surface area (Å²) in [6.07, 6.45) is 2.82. The van der Waals surface area contributed by atoms with E-state index in [1.165, 1.54) is 12.1 Å². The molecule has 20 heavy (non-hydrogen) atoms. The van der Waals surface area contributed by atoms with Crippen LogP contribution in [0.15, 0.2) is 27.6 Å². The van der Waals surface area contributed by atoms with Crippen LogP contribution in [-0.4, -0.2) is 27.2 Å². The SMILES string of the molecule is O=S(=O)(NC1CCOC1C1CC1)c1ccc(Br)c(F)c1. The van der Waals surface area contributed by atoms with Gasteiger partial charge in [-0.25, -0.2) is 17.5 Å². The van der Waals surface area contributed by atoms with E-state index in [0.717, 1.165) is 18.9 Å². The van der Waals surface area contributed by atoms with Gasteiger partial charge in [-0.1, -0.05) is 0 Å². The van der Waals surface area contributed by atoms with Crippen LogP contribution < -0.4 is 4.72 Å². The molecule has 7 heteroatoms. The van der Waals surface area contributed by atoms with Gasteiger partial charge in [0, 0.05) is 6.61 Å². The lowest BCUT2D eigenvalue weighted by atomic mass is 10.1. The topological polar surface area (TPSA) is 55.4 Å². The van der Waals surface area contributed by atoms with Crippen LogP contribution in [0.2, 0.25) is 0 Å². The first-order chi connectivity index (χ1) is 9.47. The van der Waals surface area contributed by atoms with Crippen molar-refractivity contribution in [3.05, 3.63) is 28.5 Å². The van der Waals surface area contributed by atoms with Gasteiger partial charge in [0.25, 0.3) is 0 Å². The number of hydrogen-bond donors (Lipinski definition) is 1. The highest BCUT2D eigenvalue weighted by Crippen LogP contribution is 2.39. The summed E-state index contributed by atoms with van der Waals surface area (Å²) in [5, 5.41) is 0. The van der Waals surface area contributed by atoms with Gasteiger partial charge in [-0.05, 0) is 59.3 Å². The third kappa shape index (κ3) is 2.90. The molecule has 2 unspecified atom stereocenters. The van der Waals surface area contributed by atoms with Crippen LogP contribution in [0.3, 0.4) is 0 Å². The Hall–Kier alpha value is -0.500. The van der Waals surface area contributed by atoms with Gasteiger partial charge >= 0.3 is 0 Å². The molecule has 0 aromatic heterocycles. The van der Waals surface area contributed by atoms with Gasteiger partial charge in [-0.2, -0.15) is 0 Å². The van der Waals surface area contributed by atoms with Gasteiger partial charge in [-0.15, -0.1) is 0 Å². The predicted molar refractivity (Wildman–Crippen MR) is 75.3 cm³/mol. The van der Waals surface area contributed by atoms with E-state index in [1.807, 2.05) is 0 Å². The first-order valence-electron chi connectivity index (χ1n) is 6.56. The lowest BCUT2D eigenvalue weighted by molar-refractivity contribution is 0.0848. The lowest BCUT2D eigenvalue weighted by Gasteiger charge is -2.19. The van der Waals surface area contributed by atoms with Crippen molar-refractivity contribution in [2.45, 2.75) is 36.3 Å². The van der Waals surface area contributed by atoms with E-state index in [4.69, 9.17) is 4.74 Å². The molecule has 2 aliphatic rings. The molecule has 1 saturated heterocycles. The predicted octanol–water partition coefficient (Wildman–Crippen LogP) is 2.43. The second-order valence-electron chi connectivity index (χ2n) is 5.27. The summed E-state index contributed by atoms with van der Waals surface area (Å²) in [5.41, 5.74) is 0. The van der Waals surface area contributed by atoms with E-state index < -0.39 is 15.8 Å². The molecule has 3 rings (SSSR count). The molecule has 0 spiro atoms. The fourth-order valence-electron chi connectivity index (χ4n) is 2.54. The maximum absolute atomic E-state index is 13.5. The maximum Gasteiger partial charge on any atom is 0.241 e. The van der Waals surface area contributed by atoms with E-state index in [2.05, 4.69) is 20.7 Å². The Balaban J connectivity index is 1.79. The fraction of sp³-hybridized carbons (Fsp3) is 0.538. The van der Waals surface area contributed by atoms with Gasteiger partial charge in [0.05, 0.1) is 21.5 Å². The highest BCUT2D eigenvalue weighted by Gasteiger charge is 2.42. The molecule has 0 amide bonds. The fourth-order valence-corrected chi connectivity index (χ4v) is 4.08. The van der Waals surface area contributed by atoms with Gasteiger partial charge in [0.1, 0.15) is 5.82 Å². The van der Waals surface area contributed by atoms with Gasteiger partial charge in [0.15, 0.2) is 0 Å². The van der Waals surface area contributed by atoms with Gasteiger partial charge < -0.3 is 4.74 Å². The highest BCUT2D eigenvalue weighted by atomic mass is 79.9. The number of ether oxygens (including phenoxy) is 1. The molecule has 110 valence electrons. The molecule has 2 fully saturated rings. The molecule has 1 aromatic carbocycles. The van der Waals surface area contributed by atoms with Crippen molar-refractivity contribution < 1.29 is 17.5 Å². The monoisotopic (exact) mass is 363 g/mol. The number of benzene rings is 1. The normalized spacial score (nSPS) is 26.9. The van der Waals surface area contributed by atoms with Crippen molar-refractivity contribution >= 4 is 26.0 Å². The van der Waals surface area contributed by atoms with Crippen LogP contribution in [0.5, 0.6) is 0 Å². The Bertz CT molecular complexity index is 618. The zero-order valence-electron chi connectivity index (χ0n) is 10.7. The summed E-state index contributed by atoms with van der Waals surface area (Å²) in [6, 6.07) is 3.60. The molecule has 1 N–H and O–H groups in total. The smallest absolute Gasteiger partial charge is 0.241 e. The molecule has 1 aliphatic carbocycles. The first kappa shape index (κ1) is 14.4. The standard InChI is InChI=1S/C13H15BrFNO3S/c14-10-4-3-9(7-11(10)15)20(17,18)16-12-5-6-19-13(12)8-1-2-8/h3-4,7-8,12-13,16H,1-2,5-6H2. The van der Waals surface area contributed by atoms with Crippen LogP contribution in [0, 0.1) is 11.7 Å². The molecule has 1 aliphatic heterocycles. The Morgan fingerprint density at radius 1 is 1.30 bits per heavy atom. The Labute approximate surface area is 125 Å². The van der Waals surface area contributed by atoms with Gasteiger partial charge in [-0.3, -0.25) is 0 Å². The largest absolute Gasteiger partial charge is 0.376 e. The Morgan fingerprint density at radius 3 is 2.70 bits per heavy atom. The van der Waals surface area contributed by atoms with Crippen molar-refractivity contribution in [3.63, 3.8) is 0 Å². The summed E-state index contributed by atoms with van der Waals surface area (Å²) in [5.74, 6) is -0.124. The zero-order valence-corrected chi connectivity index (χ0v) is 13.1. The van der Waals surface area contributed by atoms with Crippen molar-refractivity contribution in [3.8, 4) is 0 Å². The minimum Gasteiger partial charge on any atom is -0.376 e. The Morgan fingerprint density at radius 2 is 2.05 bits per heavy atom. The molecule has 2 atom stereocenters. The molecule has 4 nitrogen and oxygen atoms in total.